The minimum absolute atomic E-state index is 0.239. The molecule has 11 heteroatoms. The van der Waals surface area contributed by atoms with Crippen LogP contribution in [0.1, 0.15) is 84.0 Å². The molecule has 0 saturated carbocycles. The van der Waals surface area contributed by atoms with Crippen LogP contribution in [0.15, 0.2) is 42.5 Å². The van der Waals surface area contributed by atoms with Crippen molar-refractivity contribution in [3.63, 3.8) is 0 Å². The Kier molecular flexibility index (Phi) is 9.69. The van der Waals surface area contributed by atoms with Crippen LogP contribution < -0.4 is 9.64 Å². The molecule has 7 rings (SSSR count). The van der Waals surface area contributed by atoms with Gasteiger partial charge in [0, 0.05) is 42.5 Å². The highest BCUT2D eigenvalue weighted by molar-refractivity contribution is 6.32. The monoisotopic (exact) mass is 695 g/mol. The zero-order chi connectivity index (χ0) is 35.2. The lowest BCUT2D eigenvalue weighted by atomic mass is 9.92. The van der Waals surface area contributed by atoms with E-state index in [9.17, 15) is 18.7 Å². The summed E-state index contributed by atoms with van der Waals surface area (Å²) in [5.74, 6) is -2.20. The average molecular weight is 696 g/mol. The number of ether oxygens (including phenoxy) is 3. The summed E-state index contributed by atoms with van der Waals surface area (Å²) in [5, 5.41) is 10.8. The van der Waals surface area contributed by atoms with Crippen LogP contribution in [0.4, 0.5) is 14.6 Å². The largest absolute Gasteiger partial charge is 0.490 e. The molecule has 1 fully saturated rings. The summed E-state index contributed by atoms with van der Waals surface area (Å²) in [4.78, 5) is 20.0. The van der Waals surface area contributed by atoms with Crippen LogP contribution in [0.3, 0.4) is 0 Å². The summed E-state index contributed by atoms with van der Waals surface area (Å²) in [7, 11) is 0. The molecule has 3 aliphatic heterocycles. The third kappa shape index (κ3) is 7.28. The minimum atomic E-state index is -1.27. The van der Waals surface area contributed by atoms with Crippen LogP contribution in [-0.2, 0) is 14.3 Å². The first kappa shape index (κ1) is 35.1. The molecule has 0 radical (unpaired) electrons. The topological polar surface area (TPSA) is 85.5 Å². The van der Waals surface area contributed by atoms with E-state index in [1.54, 1.807) is 6.07 Å². The van der Waals surface area contributed by atoms with Gasteiger partial charge >= 0.3 is 5.97 Å². The molecule has 1 N–H and O–H groups in total. The number of halogens is 3. The molecule has 6 bridgehead atoms. The van der Waals surface area contributed by atoms with Gasteiger partial charge in [-0.3, -0.25) is 4.40 Å². The highest BCUT2D eigenvalue weighted by Crippen LogP contribution is 2.43. The van der Waals surface area contributed by atoms with E-state index in [0.29, 0.717) is 71.1 Å². The van der Waals surface area contributed by atoms with Crippen molar-refractivity contribution in [2.45, 2.75) is 97.1 Å². The van der Waals surface area contributed by atoms with Crippen molar-refractivity contribution >= 4 is 29.0 Å². The van der Waals surface area contributed by atoms with Crippen LogP contribution in [-0.4, -0.2) is 57.5 Å². The SMILES string of the molecule is Cc1cc2nc3c(Cl)n2c(c1[C@H](OC(C)(C)C)C(=O)O)N1CCC(C)(CC1)OCCCC[C@H](C)Oc1cc(F)c(F)cc1-c1cccc-3c1. The number of nitrogens with zero attached hydrogens (tertiary/aromatic N) is 3. The number of pyridine rings is 1. The highest BCUT2D eigenvalue weighted by atomic mass is 35.5. The molecule has 0 spiro atoms. The van der Waals surface area contributed by atoms with E-state index in [2.05, 4.69) is 11.8 Å². The van der Waals surface area contributed by atoms with Gasteiger partial charge in [-0.2, -0.15) is 0 Å². The first-order valence-electron chi connectivity index (χ1n) is 16.9. The van der Waals surface area contributed by atoms with Crippen molar-refractivity contribution in [1.82, 2.24) is 9.38 Å². The number of piperidine rings is 1. The standard InChI is InChI=1S/C38H44ClF2N3O5/c1-22-18-30-42-32-25-12-9-11-24(19-25)26-20-27(40)28(41)21-29(26)48-23(2)10-7-8-17-47-38(6)13-15-43(16-14-38)35(44(30)34(32)39)31(22)33(36(45)46)49-37(3,4)5/h9,11-12,18-21,23,33H,7-8,10,13-17H2,1-6H3,(H,45,46)/t23-,33-/m0/s1. The lowest BCUT2D eigenvalue weighted by molar-refractivity contribution is -0.160. The molecular weight excluding hydrogens is 652 g/mol. The maximum absolute atomic E-state index is 14.7. The number of anilines is 1. The number of aromatic nitrogens is 2. The lowest BCUT2D eigenvalue weighted by Crippen LogP contribution is -2.45. The predicted octanol–water partition coefficient (Wildman–Crippen LogP) is 9.18. The van der Waals surface area contributed by atoms with E-state index in [4.69, 9.17) is 30.8 Å². The number of carboxylic acids is 1. The van der Waals surface area contributed by atoms with Crippen LogP contribution in [0.5, 0.6) is 5.75 Å². The van der Waals surface area contributed by atoms with Crippen molar-refractivity contribution in [3.05, 3.63) is 70.4 Å². The van der Waals surface area contributed by atoms with Gasteiger partial charge in [-0.25, -0.2) is 18.6 Å². The second-order valence-corrected chi connectivity index (χ2v) is 14.9. The Morgan fingerprint density at radius 2 is 1.80 bits per heavy atom. The van der Waals surface area contributed by atoms with E-state index in [0.717, 1.165) is 37.8 Å². The number of hydrogen-bond acceptors (Lipinski definition) is 6. The number of hydrogen-bond donors (Lipinski definition) is 1. The molecule has 262 valence electrons. The maximum atomic E-state index is 14.7. The zero-order valence-electron chi connectivity index (χ0n) is 28.9. The van der Waals surface area contributed by atoms with Crippen molar-refractivity contribution in [2.75, 3.05) is 24.6 Å². The number of aryl methyl sites for hydroxylation is 1. The van der Waals surface area contributed by atoms with Crippen molar-refractivity contribution < 1.29 is 32.9 Å². The van der Waals surface area contributed by atoms with Gasteiger partial charge in [-0.1, -0.05) is 29.8 Å². The number of carbonyl (C=O) groups is 1. The fraction of sp³-hybridized carbons (Fsp3) is 0.474. The van der Waals surface area contributed by atoms with Crippen molar-refractivity contribution in [2.24, 2.45) is 0 Å². The smallest absolute Gasteiger partial charge is 0.337 e. The maximum Gasteiger partial charge on any atom is 0.337 e. The summed E-state index contributed by atoms with van der Waals surface area (Å²) in [5.41, 5.74) is 2.78. The van der Waals surface area contributed by atoms with Crippen molar-refractivity contribution in [1.29, 1.82) is 0 Å². The molecule has 3 aliphatic rings. The van der Waals surface area contributed by atoms with Crippen LogP contribution in [0.2, 0.25) is 5.15 Å². The van der Waals surface area contributed by atoms with E-state index in [1.165, 1.54) is 0 Å². The van der Waals surface area contributed by atoms with Gasteiger partial charge in [0.05, 0.1) is 17.3 Å². The molecule has 2 aromatic carbocycles. The van der Waals surface area contributed by atoms with E-state index >= 15 is 0 Å². The second-order valence-electron chi connectivity index (χ2n) is 14.5. The Hall–Kier alpha value is -3.73. The zero-order valence-corrected chi connectivity index (χ0v) is 29.7. The molecule has 49 heavy (non-hydrogen) atoms. The Balaban J connectivity index is 1.58. The summed E-state index contributed by atoms with van der Waals surface area (Å²) in [6, 6.07) is 11.4. The quantitative estimate of drug-likeness (QED) is 0.229. The highest BCUT2D eigenvalue weighted by Gasteiger charge is 2.38. The first-order chi connectivity index (χ1) is 23.1. The molecule has 5 heterocycles. The van der Waals surface area contributed by atoms with Gasteiger partial charge in [-0.05, 0) is 103 Å². The molecule has 1 saturated heterocycles. The molecule has 8 nitrogen and oxygen atoms in total. The summed E-state index contributed by atoms with van der Waals surface area (Å²) in [6.07, 6.45) is 2.31. The third-order valence-electron chi connectivity index (χ3n) is 9.40. The lowest BCUT2D eigenvalue weighted by Gasteiger charge is -2.42. The minimum Gasteiger partial charge on any atom is -0.490 e. The Morgan fingerprint density at radius 3 is 2.49 bits per heavy atom. The predicted molar refractivity (Wildman–Crippen MR) is 187 cm³/mol. The Bertz CT molecular complexity index is 1880. The van der Waals surface area contributed by atoms with Crippen molar-refractivity contribution in [3.8, 4) is 28.1 Å². The molecule has 4 aromatic rings. The number of benzene rings is 2. The second kappa shape index (κ2) is 13.5. The molecule has 0 unspecified atom stereocenters. The number of aliphatic carboxylic acids is 1. The summed E-state index contributed by atoms with van der Waals surface area (Å²) < 4.78 is 49.9. The van der Waals surface area contributed by atoms with Gasteiger partial charge in [0.1, 0.15) is 28.1 Å². The third-order valence-corrected chi connectivity index (χ3v) is 9.75. The van der Waals surface area contributed by atoms with Crippen LogP contribution in [0.25, 0.3) is 28.0 Å². The number of imidazole rings is 1. The van der Waals surface area contributed by atoms with E-state index in [1.807, 2.05) is 63.3 Å². The number of fused-ring (bicyclic) bond motifs is 8. The fourth-order valence-corrected chi connectivity index (χ4v) is 7.16. The molecule has 0 aliphatic carbocycles. The van der Waals surface area contributed by atoms with Crippen LogP contribution in [0, 0.1) is 18.6 Å². The van der Waals surface area contributed by atoms with Gasteiger partial charge in [0.25, 0.3) is 0 Å². The fourth-order valence-electron chi connectivity index (χ4n) is 6.84. The van der Waals surface area contributed by atoms with Crippen LogP contribution >= 0.6 is 11.6 Å². The summed E-state index contributed by atoms with van der Waals surface area (Å²) in [6.45, 7) is 13.2. The normalized spacial score (nSPS) is 21.0. The van der Waals surface area contributed by atoms with E-state index in [-0.39, 0.29) is 22.6 Å². The molecular formula is C38H44ClF2N3O5. The molecule has 0 amide bonds. The van der Waals surface area contributed by atoms with Gasteiger partial charge in [0.15, 0.2) is 17.7 Å². The molecule has 2 atom stereocenters. The van der Waals surface area contributed by atoms with E-state index < -0.39 is 29.3 Å². The average Bonchev–Trinajstić information content (AvgIpc) is 3.35. The van der Waals surface area contributed by atoms with Gasteiger partial charge < -0.3 is 24.2 Å². The summed E-state index contributed by atoms with van der Waals surface area (Å²) >= 11 is 7.26. The van der Waals surface area contributed by atoms with Gasteiger partial charge in [-0.15, -0.1) is 0 Å². The molecule has 2 aromatic heterocycles. The Morgan fingerprint density at radius 1 is 1.10 bits per heavy atom. The number of carboxylic acid groups (broad SMARTS) is 1. The number of rotatable bonds is 3. The Labute approximate surface area is 290 Å². The van der Waals surface area contributed by atoms with Gasteiger partial charge in [0.2, 0.25) is 0 Å². The first-order valence-corrected chi connectivity index (χ1v) is 17.3.